The fourth-order valence-corrected chi connectivity index (χ4v) is 3.13. The molecule has 3 aromatic rings. The molecule has 0 unspecified atom stereocenters. The van der Waals surface area contributed by atoms with Crippen LogP contribution in [0.15, 0.2) is 36.7 Å². The summed E-state index contributed by atoms with van der Waals surface area (Å²) in [6.45, 7) is 0.597. The second-order valence-electron chi connectivity index (χ2n) is 6.14. The fourth-order valence-electron chi connectivity index (χ4n) is 3.13. The molecule has 23 heavy (non-hydrogen) atoms. The minimum atomic E-state index is -0.304. The van der Waals surface area contributed by atoms with Crippen molar-refractivity contribution in [3.05, 3.63) is 47.8 Å². The van der Waals surface area contributed by atoms with E-state index in [0.717, 1.165) is 47.0 Å². The largest absolute Gasteiger partial charge is 0.330 e. The molecule has 2 heterocycles. The van der Waals surface area contributed by atoms with E-state index in [-0.39, 0.29) is 5.41 Å². The Morgan fingerprint density at radius 1 is 1.30 bits per heavy atom. The minimum absolute atomic E-state index is 0.304. The van der Waals surface area contributed by atoms with Crippen LogP contribution < -0.4 is 5.73 Å². The Labute approximate surface area is 134 Å². The highest BCUT2D eigenvalue weighted by atomic mass is 15.1. The van der Waals surface area contributed by atoms with E-state index in [2.05, 4.69) is 39.4 Å². The molecule has 0 bridgehead atoms. The van der Waals surface area contributed by atoms with E-state index in [1.54, 1.807) is 12.4 Å². The molecular weight excluding hydrogens is 286 g/mol. The first kappa shape index (κ1) is 13.9. The second-order valence-corrected chi connectivity index (χ2v) is 6.14. The molecule has 0 amide bonds. The number of benzene rings is 1. The number of nitriles is 1. The Balaban J connectivity index is 1.91. The average molecular weight is 303 g/mol. The molecule has 5 heteroatoms. The molecule has 4 rings (SSSR count). The quantitative estimate of drug-likeness (QED) is 0.775. The molecule has 1 aliphatic carbocycles. The Morgan fingerprint density at radius 2 is 2.17 bits per heavy atom. The number of pyridine rings is 1. The van der Waals surface area contributed by atoms with Gasteiger partial charge in [-0.1, -0.05) is 12.1 Å². The maximum absolute atomic E-state index is 9.53. The van der Waals surface area contributed by atoms with Gasteiger partial charge in [-0.2, -0.15) is 10.4 Å². The predicted octanol–water partition coefficient (Wildman–Crippen LogP) is 2.68. The monoisotopic (exact) mass is 303 g/mol. The summed E-state index contributed by atoms with van der Waals surface area (Å²) >= 11 is 0. The van der Waals surface area contributed by atoms with Crippen LogP contribution in [0, 0.1) is 11.3 Å². The lowest BCUT2D eigenvalue weighted by atomic mass is 9.90. The number of hydrogen-bond donors (Lipinski definition) is 2. The maximum Gasteiger partial charge on any atom is 0.155 e. The SMILES string of the molecule is N#CC1(c2cc(CCN)cc(-c3ccnc4[nH]ncc34)c2)CC1. The second kappa shape index (κ2) is 5.18. The zero-order valence-corrected chi connectivity index (χ0v) is 12.7. The van der Waals surface area contributed by atoms with Crippen molar-refractivity contribution in [2.45, 2.75) is 24.7 Å². The summed E-state index contributed by atoms with van der Waals surface area (Å²) < 4.78 is 0. The summed E-state index contributed by atoms with van der Waals surface area (Å²) in [5.74, 6) is 0. The molecule has 0 radical (unpaired) electrons. The molecule has 114 valence electrons. The molecule has 0 saturated heterocycles. The number of nitrogens with two attached hydrogens (primary N) is 1. The van der Waals surface area contributed by atoms with Crippen LogP contribution in [-0.2, 0) is 11.8 Å². The standard InChI is InChI=1S/C18H17N5/c19-5-1-12-7-13(9-14(8-12)18(11-20)3-4-18)15-2-6-21-17-16(15)10-22-23-17/h2,6-10H,1,3-5,19H2,(H,21,22,23). The highest BCUT2D eigenvalue weighted by Crippen LogP contribution is 2.48. The number of nitrogens with one attached hydrogen (secondary N) is 1. The number of nitrogens with zero attached hydrogens (tertiary/aromatic N) is 3. The first-order valence-electron chi connectivity index (χ1n) is 7.80. The van der Waals surface area contributed by atoms with Gasteiger partial charge in [-0.05, 0) is 60.2 Å². The smallest absolute Gasteiger partial charge is 0.155 e. The van der Waals surface area contributed by atoms with Gasteiger partial charge >= 0.3 is 0 Å². The average Bonchev–Trinajstić information content (AvgIpc) is 3.24. The lowest BCUT2D eigenvalue weighted by Crippen LogP contribution is -2.07. The van der Waals surface area contributed by atoms with Gasteiger partial charge in [0, 0.05) is 11.6 Å². The van der Waals surface area contributed by atoms with E-state index >= 15 is 0 Å². The molecule has 0 aliphatic heterocycles. The molecule has 1 aromatic carbocycles. The highest BCUT2D eigenvalue weighted by Gasteiger charge is 2.45. The normalized spacial score (nSPS) is 15.5. The van der Waals surface area contributed by atoms with Crippen LogP contribution in [0.1, 0.15) is 24.0 Å². The Bertz CT molecular complexity index is 915. The van der Waals surface area contributed by atoms with Crippen LogP contribution in [0.25, 0.3) is 22.2 Å². The molecule has 1 saturated carbocycles. The summed E-state index contributed by atoms with van der Waals surface area (Å²) in [7, 11) is 0. The van der Waals surface area contributed by atoms with Gasteiger partial charge in [0.1, 0.15) is 0 Å². The summed E-state index contributed by atoms with van der Waals surface area (Å²) in [5.41, 5.74) is 10.7. The fraction of sp³-hybridized carbons (Fsp3) is 0.278. The summed E-state index contributed by atoms with van der Waals surface area (Å²) in [6.07, 6.45) is 6.26. The third-order valence-electron chi connectivity index (χ3n) is 4.61. The first-order valence-corrected chi connectivity index (χ1v) is 7.80. The van der Waals surface area contributed by atoms with Gasteiger partial charge in [-0.15, -0.1) is 0 Å². The Hall–Kier alpha value is -2.71. The molecule has 1 fully saturated rings. The van der Waals surface area contributed by atoms with E-state index in [0.29, 0.717) is 6.54 Å². The van der Waals surface area contributed by atoms with E-state index in [4.69, 9.17) is 5.73 Å². The third kappa shape index (κ3) is 2.28. The molecule has 5 nitrogen and oxygen atoms in total. The van der Waals surface area contributed by atoms with Gasteiger partial charge in [0.2, 0.25) is 0 Å². The number of H-pyrrole nitrogens is 1. The van der Waals surface area contributed by atoms with Crippen LogP contribution in [0.5, 0.6) is 0 Å². The van der Waals surface area contributed by atoms with Crippen molar-refractivity contribution in [1.29, 1.82) is 5.26 Å². The van der Waals surface area contributed by atoms with Crippen molar-refractivity contribution < 1.29 is 0 Å². The van der Waals surface area contributed by atoms with Crippen molar-refractivity contribution >= 4 is 11.0 Å². The molecule has 2 aromatic heterocycles. The van der Waals surface area contributed by atoms with Gasteiger partial charge in [-0.3, -0.25) is 5.10 Å². The molecule has 1 aliphatic rings. The van der Waals surface area contributed by atoms with Crippen LogP contribution in [0.4, 0.5) is 0 Å². The van der Waals surface area contributed by atoms with Crippen LogP contribution in [-0.4, -0.2) is 21.7 Å². The molecule has 0 atom stereocenters. The Kier molecular flexibility index (Phi) is 3.14. The van der Waals surface area contributed by atoms with Gasteiger partial charge in [0.15, 0.2) is 5.65 Å². The lowest BCUT2D eigenvalue weighted by Gasteiger charge is -2.13. The van der Waals surface area contributed by atoms with Crippen LogP contribution >= 0.6 is 0 Å². The van der Waals surface area contributed by atoms with Crippen molar-refractivity contribution in [3.8, 4) is 17.2 Å². The van der Waals surface area contributed by atoms with Crippen molar-refractivity contribution in [2.24, 2.45) is 5.73 Å². The topological polar surface area (TPSA) is 91.4 Å². The highest BCUT2D eigenvalue weighted by molar-refractivity contribution is 5.92. The van der Waals surface area contributed by atoms with Crippen molar-refractivity contribution in [1.82, 2.24) is 15.2 Å². The zero-order valence-electron chi connectivity index (χ0n) is 12.7. The number of aromatic amines is 1. The number of fused-ring (bicyclic) bond motifs is 1. The van der Waals surface area contributed by atoms with E-state index < -0.39 is 0 Å². The van der Waals surface area contributed by atoms with Gasteiger partial charge < -0.3 is 5.73 Å². The predicted molar refractivity (Wildman–Crippen MR) is 88.6 cm³/mol. The first-order chi connectivity index (χ1) is 11.3. The van der Waals surface area contributed by atoms with Gasteiger partial charge in [-0.25, -0.2) is 4.98 Å². The summed E-state index contributed by atoms with van der Waals surface area (Å²) in [4.78, 5) is 4.30. The summed E-state index contributed by atoms with van der Waals surface area (Å²) in [6, 6.07) is 10.9. The third-order valence-corrected chi connectivity index (χ3v) is 4.61. The lowest BCUT2D eigenvalue weighted by molar-refractivity contribution is 0.895. The molecule has 0 spiro atoms. The zero-order chi connectivity index (χ0) is 15.9. The van der Waals surface area contributed by atoms with E-state index in [9.17, 15) is 5.26 Å². The minimum Gasteiger partial charge on any atom is -0.330 e. The van der Waals surface area contributed by atoms with Crippen molar-refractivity contribution in [3.63, 3.8) is 0 Å². The van der Waals surface area contributed by atoms with Gasteiger partial charge in [0.25, 0.3) is 0 Å². The number of hydrogen-bond acceptors (Lipinski definition) is 4. The number of aromatic nitrogens is 3. The molecule has 3 N–H and O–H groups in total. The summed E-state index contributed by atoms with van der Waals surface area (Å²) in [5, 5.41) is 17.5. The Morgan fingerprint density at radius 3 is 2.91 bits per heavy atom. The van der Waals surface area contributed by atoms with Crippen LogP contribution in [0.3, 0.4) is 0 Å². The molecular formula is C18H17N5. The van der Waals surface area contributed by atoms with Crippen molar-refractivity contribution in [2.75, 3.05) is 6.54 Å². The maximum atomic E-state index is 9.53. The van der Waals surface area contributed by atoms with E-state index in [1.807, 2.05) is 6.07 Å². The van der Waals surface area contributed by atoms with Gasteiger partial charge in [0.05, 0.1) is 17.7 Å². The number of rotatable bonds is 4. The van der Waals surface area contributed by atoms with E-state index in [1.165, 1.54) is 5.56 Å². The van der Waals surface area contributed by atoms with Crippen LogP contribution in [0.2, 0.25) is 0 Å².